The van der Waals surface area contributed by atoms with Gasteiger partial charge in [-0.1, -0.05) is 19.1 Å². The lowest BCUT2D eigenvalue weighted by atomic mass is 10.2. The van der Waals surface area contributed by atoms with Gasteiger partial charge in [-0.2, -0.15) is 0 Å². The molecule has 0 aliphatic rings. The molecule has 0 N–H and O–H groups in total. The Morgan fingerprint density at radius 2 is 2.06 bits per heavy atom. The van der Waals surface area contributed by atoms with E-state index in [1.165, 1.54) is 0 Å². The van der Waals surface area contributed by atoms with Crippen molar-refractivity contribution in [2.24, 2.45) is 0 Å². The fraction of sp³-hybridized carbons (Fsp3) is 0.308. The van der Waals surface area contributed by atoms with Gasteiger partial charge >= 0.3 is 5.97 Å². The number of para-hydroxylation sites is 1. The van der Waals surface area contributed by atoms with Crippen LogP contribution in [0.5, 0.6) is 5.75 Å². The fourth-order valence-electron chi connectivity index (χ4n) is 1.75. The number of carbonyl (C=O) groups excluding carboxylic acids is 1. The molecule has 3 heteroatoms. The molecule has 0 amide bonds. The van der Waals surface area contributed by atoms with E-state index in [1.54, 1.807) is 6.92 Å². The number of benzene rings is 1. The second-order valence-electron chi connectivity index (χ2n) is 3.62. The normalized spacial score (nSPS) is 10.6. The second-order valence-corrected chi connectivity index (χ2v) is 3.62. The monoisotopic (exact) mass is 217 g/mol. The van der Waals surface area contributed by atoms with Crippen LogP contribution >= 0.6 is 0 Å². The van der Waals surface area contributed by atoms with E-state index in [4.69, 9.17) is 4.74 Å². The number of hydrogen-bond acceptors (Lipinski definition) is 2. The van der Waals surface area contributed by atoms with Crippen LogP contribution in [-0.4, -0.2) is 10.5 Å². The summed E-state index contributed by atoms with van der Waals surface area (Å²) in [5, 5.41) is 0.992. The van der Waals surface area contributed by atoms with Gasteiger partial charge in [-0.3, -0.25) is 4.79 Å². The predicted molar refractivity (Wildman–Crippen MR) is 63.5 cm³/mol. The van der Waals surface area contributed by atoms with Crippen LogP contribution < -0.4 is 4.74 Å². The highest BCUT2D eigenvalue weighted by molar-refractivity contribution is 5.89. The first-order chi connectivity index (χ1) is 7.76. The minimum atomic E-state index is -0.195. The molecular weight excluding hydrogens is 202 g/mol. The van der Waals surface area contributed by atoms with Crippen LogP contribution in [0, 0.1) is 0 Å². The maximum Gasteiger partial charge on any atom is 0.310 e. The molecule has 84 valence electrons. The lowest BCUT2D eigenvalue weighted by molar-refractivity contribution is -0.133. The quantitative estimate of drug-likeness (QED) is 0.740. The molecule has 2 aromatic rings. The standard InChI is InChI=1S/C13H15NO2/c1-3-13(15)16-12-9-14(4-2)11-8-6-5-7-10(11)12/h5-9H,3-4H2,1-2H3. The van der Waals surface area contributed by atoms with Gasteiger partial charge in [0.1, 0.15) is 0 Å². The summed E-state index contributed by atoms with van der Waals surface area (Å²) in [5.74, 6) is 0.461. The predicted octanol–water partition coefficient (Wildman–Crippen LogP) is 2.98. The van der Waals surface area contributed by atoms with Crippen molar-refractivity contribution in [2.45, 2.75) is 26.8 Å². The first-order valence-electron chi connectivity index (χ1n) is 5.54. The summed E-state index contributed by atoms with van der Waals surface area (Å²) in [5.41, 5.74) is 1.10. The molecule has 0 atom stereocenters. The number of carbonyl (C=O) groups is 1. The minimum absolute atomic E-state index is 0.195. The molecule has 0 spiro atoms. The van der Waals surface area contributed by atoms with E-state index >= 15 is 0 Å². The van der Waals surface area contributed by atoms with E-state index in [9.17, 15) is 4.79 Å². The summed E-state index contributed by atoms with van der Waals surface area (Å²) in [4.78, 5) is 11.3. The number of nitrogens with zero attached hydrogens (tertiary/aromatic N) is 1. The number of hydrogen-bond donors (Lipinski definition) is 0. The molecule has 1 aromatic heterocycles. The van der Waals surface area contributed by atoms with Crippen LogP contribution in [0.15, 0.2) is 30.5 Å². The van der Waals surface area contributed by atoms with Crippen LogP contribution in [-0.2, 0) is 11.3 Å². The van der Waals surface area contributed by atoms with Gasteiger partial charge in [-0.25, -0.2) is 0 Å². The third kappa shape index (κ3) is 1.81. The summed E-state index contributed by atoms with van der Waals surface area (Å²) >= 11 is 0. The van der Waals surface area contributed by atoms with Gasteiger partial charge in [0.15, 0.2) is 5.75 Å². The molecular formula is C13H15NO2. The van der Waals surface area contributed by atoms with E-state index in [2.05, 4.69) is 11.5 Å². The molecule has 16 heavy (non-hydrogen) atoms. The van der Waals surface area contributed by atoms with Crippen LogP contribution in [0.25, 0.3) is 10.9 Å². The van der Waals surface area contributed by atoms with Gasteiger partial charge in [0.25, 0.3) is 0 Å². The highest BCUT2D eigenvalue weighted by Crippen LogP contribution is 2.28. The molecule has 3 nitrogen and oxygen atoms in total. The van der Waals surface area contributed by atoms with Crippen LogP contribution in [0.4, 0.5) is 0 Å². The summed E-state index contributed by atoms with van der Waals surface area (Å²) in [6, 6.07) is 7.94. The smallest absolute Gasteiger partial charge is 0.310 e. The zero-order valence-corrected chi connectivity index (χ0v) is 9.56. The van der Waals surface area contributed by atoms with E-state index in [0.717, 1.165) is 17.4 Å². The fourth-order valence-corrected chi connectivity index (χ4v) is 1.75. The summed E-state index contributed by atoms with van der Waals surface area (Å²) < 4.78 is 7.38. The Morgan fingerprint density at radius 1 is 1.31 bits per heavy atom. The second kappa shape index (κ2) is 4.39. The van der Waals surface area contributed by atoms with Crippen molar-refractivity contribution in [3.05, 3.63) is 30.5 Å². The lowest BCUT2D eigenvalue weighted by Gasteiger charge is -1.99. The molecule has 1 heterocycles. The number of fused-ring (bicyclic) bond motifs is 1. The highest BCUT2D eigenvalue weighted by Gasteiger charge is 2.10. The molecule has 0 saturated heterocycles. The average molecular weight is 217 g/mol. The van der Waals surface area contributed by atoms with Crippen LogP contribution in [0.3, 0.4) is 0 Å². The molecule has 0 bridgehead atoms. The van der Waals surface area contributed by atoms with Crippen LogP contribution in [0.1, 0.15) is 20.3 Å². The van der Waals surface area contributed by atoms with Gasteiger partial charge in [0.05, 0.1) is 5.52 Å². The van der Waals surface area contributed by atoms with Crippen molar-refractivity contribution in [3.8, 4) is 5.75 Å². The SMILES string of the molecule is CCC(=O)Oc1cn(CC)c2ccccc12. The van der Waals surface area contributed by atoms with Gasteiger partial charge in [0.2, 0.25) is 0 Å². The molecule has 0 fully saturated rings. The van der Waals surface area contributed by atoms with Gasteiger partial charge in [0, 0.05) is 24.5 Å². The third-order valence-electron chi connectivity index (χ3n) is 2.61. The number of aromatic nitrogens is 1. The summed E-state index contributed by atoms with van der Waals surface area (Å²) in [6.07, 6.45) is 2.28. The van der Waals surface area contributed by atoms with Gasteiger partial charge in [-0.05, 0) is 19.1 Å². The van der Waals surface area contributed by atoms with Gasteiger partial charge in [-0.15, -0.1) is 0 Å². The molecule has 0 radical (unpaired) electrons. The first kappa shape index (κ1) is 10.7. The Hall–Kier alpha value is -1.77. The Balaban J connectivity index is 2.49. The molecule has 0 unspecified atom stereocenters. The Kier molecular flexibility index (Phi) is 2.95. The summed E-state index contributed by atoms with van der Waals surface area (Å²) in [6.45, 7) is 4.73. The maximum absolute atomic E-state index is 11.3. The zero-order valence-electron chi connectivity index (χ0n) is 9.56. The van der Waals surface area contributed by atoms with E-state index < -0.39 is 0 Å². The number of esters is 1. The molecule has 2 rings (SSSR count). The third-order valence-corrected chi connectivity index (χ3v) is 2.61. The number of rotatable bonds is 3. The number of ether oxygens (including phenoxy) is 1. The van der Waals surface area contributed by atoms with Crippen molar-refractivity contribution in [1.29, 1.82) is 0 Å². The van der Waals surface area contributed by atoms with Crippen molar-refractivity contribution < 1.29 is 9.53 Å². The number of aryl methyl sites for hydroxylation is 1. The Morgan fingerprint density at radius 3 is 2.75 bits per heavy atom. The molecule has 0 saturated carbocycles. The van der Waals surface area contributed by atoms with Crippen molar-refractivity contribution >= 4 is 16.9 Å². The molecule has 0 aliphatic carbocycles. The Bertz CT molecular complexity index is 514. The van der Waals surface area contributed by atoms with E-state index in [1.807, 2.05) is 30.5 Å². The lowest BCUT2D eigenvalue weighted by Crippen LogP contribution is -2.04. The maximum atomic E-state index is 11.3. The summed E-state index contributed by atoms with van der Waals surface area (Å²) in [7, 11) is 0. The highest BCUT2D eigenvalue weighted by atomic mass is 16.5. The Labute approximate surface area is 94.6 Å². The average Bonchev–Trinajstić information content (AvgIpc) is 2.68. The minimum Gasteiger partial charge on any atom is -0.424 e. The van der Waals surface area contributed by atoms with Crippen molar-refractivity contribution in [2.75, 3.05) is 0 Å². The van der Waals surface area contributed by atoms with Gasteiger partial charge < -0.3 is 9.30 Å². The van der Waals surface area contributed by atoms with E-state index in [0.29, 0.717) is 12.2 Å². The largest absolute Gasteiger partial charge is 0.424 e. The molecule has 0 aliphatic heterocycles. The zero-order chi connectivity index (χ0) is 11.5. The van der Waals surface area contributed by atoms with E-state index in [-0.39, 0.29) is 5.97 Å². The van der Waals surface area contributed by atoms with Crippen LogP contribution in [0.2, 0.25) is 0 Å². The topological polar surface area (TPSA) is 31.2 Å². The van der Waals surface area contributed by atoms with Crippen molar-refractivity contribution in [3.63, 3.8) is 0 Å². The molecule has 1 aromatic carbocycles. The van der Waals surface area contributed by atoms with Crippen molar-refractivity contribution in [1.82, 2.24) is 4.57 Å². The first-order valence-corrected chi connectivity index (χ1v) is 5.54.